The number of piperazine rings is 1. The molecular weight excluding hydrogens is 1530 g/mol. The van der Waals surface area contributed by atoms with Gasteiger partial charge in [0, 0.05) is 181 Å². The van der Waals surface area contributed by atoms with E-state index in [1.165, 1.54) is 5.57 Å². The maximum Gasteiger partial charge on any atom is 0.258 e. The standard InChI is InChI=1S/C25H30N6O.C25H32N4O4.C23H28N4O3.C20H21N5O/c1-4-28(5-2)20-10-12-29(13-11-20)21-7-9-24-27-22(14-25(32)31(24)17-21)19-6-8-23-26-18(3)15-30(23)16-19;1-17-13-20(28-9-7-19(8-10-28)27(2)11-12-30)16-29-24(31)15-21(26-25(17)29)18-5-6-22(32-3)23(14-18)33-4;1-5-16-10-18(26-9-8-24-15(2)13-26)14-27-22(28)12-19(25-23(16)27)17-6-7-20(29-3)21(11-17)30-4;1-24(2)18-5-3-15(12-22-18)17-11-20(26)25-13-16(4-6-19(25)23-17)14-7-9-21-10-8-14/h6-9,14-17,20H,4-5,10-13H2,1-3H3;5-6,13-16,19,30H,7-12H2,1-4H3;6-7,10-12,14-15,24H,5,8-9,13H2,1-4H3;3-7,11-13,21H,8-10H2,1-2H3/t;;15-;/m..1./s1. The lowest BCUT2D eigenvalue weighted by Gasteiger charge is -2.38. The zero-order valence-electron chi connectivity index (χ0n) is 71.6. The van der Waals surface area contributed by atoms with E-state index in [4.69, 9.17) is 33.9 Å². The summed E-state index contributed by atoms with van der Waals surface area (Å²) in [6.45, 7) is 24.3. The van der Waals surface area contributed by atoms with Gasteiger partial charge in [-0.1, -0.05) is 26.8 Å². The molecule has 4 aliphatic heterocycles. The van der Waals surface area contributed by atoms with Crippen LogP contribution in [-0.2, 0) is 6.42 Å². The monoisotopic (exact) mass is 1640 g/mol. The lowest BCUT2D eigenvalue weighted by molar-refractivity contribution is 0.162. The second-order valence-corrected chi connectivity index (χ2v) is 31.4. The highest BCUT2D eigenvalue weighted by molar-refractivity contribution is 5.72. The van der Waals surface area contributed by atoms with E-state index in [2.05, 4.69) is 109 Å². The smallest absolute Gasteiger partial charge is 0.258 e. The number of anilines is 4. The number of rotatable bonds is 20. The van der Waals surface area contributed by atoms with E-state index < -0.39 is 0 Å². The molecule has 11 aromatic heterocycles. The van der Waals surface area contributed by atoms with E-state index in [9.17, 15) is 24.3 Å². The van der Waals surface area contributed by atoms with Gasteiger partial charge < -0.3 is 68.5 Å². The average molecular weight is 1640 g/mol. The number of hydrogen-bond donors (Lipinski definition) is 3. The van der Waals surface area contributed by atoms with Crippen LogP contribution in [0.5, 0.6) is 23.0 Å². The minimum absolute atomic E-state index is 0.0632. The van der Waals surface area contributed by atoms with Crippen molar-refractivity contribution in [2.45, 2.75) is 98.2 Å². The van der Waals surface area contributed by atoms with Crippen molar-refractivity contribution in [2.24, 2.45) is 0 Å². The van der Waals surface area contributed by atoms with Crippen LogP contribution in [0.3, 0.4) is 0 Å². The van der Waals surface area contributed by atoms with E-state index >= 15 is 0 Å². The summed E-state index contributed by atoms with van der Waals surface area (Å²) in [6, 6.07) is 39.0. The van der Waals surface area contributed by atoms with Gasteiger partial charge in [0.15, 0.2) is 23.0 Å². The number of imidazole rings is 1. The summed E-state index contributed by atoms with van der Waals surface area (Å²) >= 11 is 0. The number of methoxy groups -OCH3 is 4. The Kier molecular flexibility index (Phi) is 27.0. The van der Waals surface area contributed by atoms with E-state index in [1.807, 2.05) is 153 Å². The Balaban J connectivity index is 0.000000132. The summed E-state index contributed by atoms with van der Waals surface area (Å²) in [4.78, 5) is 93.4. The molecule has 0 aliphatic carbocycles. The molecule has 17 rings (SSSR count). The van der Waals surface area contributed by atoms with Crippen molar-refractivity contribution in [3.05, 3.63) is 235 Å². The van der Waals surface area contributed by atoms with Crippen LogP contribution < -0.4 is 71.4 Å². The lowest BCUT2D eigenvalue weighted by Crippen LogP contribution is -2.49. The molecule has 0 saturated carbocycles. The summed E-state index contributed by atoms with van der Waals surface area (Å²) in [6.07, 6.45) is 21.6. The van der Waals surface area contributed by atoms with Crippen molar-refractivity contribution in [1.82, 2.24) is 72.3 Å². The van der Waals surface area contributed by atoms with Gasteiger partial charge in [0.1, 0.15) is 34.1 Å². The Hall–Kier alpha value is -12.3. The van der Waals surface area contributed by atoms with Gasteiger partial charge >= 0.3 is 0 Å². The van der Waals surface area contributed by atoms with Gasteiger partial charge in [-0.15, -0.1) is 0 Å². The molecule has 3 saturated heterocycles. The number of nitrogens with zero attached hydrogens (tertiary/aromatic N) is 17. The second-order valence-electron chi connectivity index (χ2n) is 31.4. The Labute approximate surface area is 704 Å². The second kappa shape index (κ2) is 38.4. The van der Waals surface area contributed by atoms with E-state index in [-0.39, 0.29) is 28.8 Å². The minimum atomic E-state index is -0.118. The van der Waals surface area contributed by atoms with Gasteiger partial charge in [-0.25, -0.2) is 29.9 Å². The minimum Gasteiger partial charge on any atom is -0.493 e. The maximum absolute atomic E-state index is 13.1. The number of aryl methyl sites for hydroxylation is 3. The highest BCUT2D eigenvalue weighted by Crippen LogP contribution is 2.35. The molecule has 3 N–H and O–H groups in total. The fraction of sp³-hybridized carbons (Fsp3) is 0.376. The van der Waals surface area contributed by atoms with Crippen LogP contribution in [0.1, 0.15) is 82.2 Å². The molecule has 13 aromatic rings. The average Bonchev–Trinajstić information content (AvgIpc) is 0.830. The Morgan fingerprint density at radius 3 is 1.60 bits per heavy atom. The Morgan fingerprint density at radius 1 is 0.496 bits per heavy atom. The first-order valence-electron chi connectivity index (χ1n) is 41.8. The molecule has 0 spiro atoms. The number of likely N-dealkylation sites (N-methyl/N-ethyl adjacent to an activating group) is 1. The third-order valence-corrected chi connectivity index (χ3v) is 23.4. The normalized spacial score (nSPS) is 15.3. The molecule has 0 bridgehead atoms. The van der Waals surface area contributed by atoms with Gasteiger partial charge in [0.2, 0.25) is 0 Å². The number of aliphatic hydroxyl groups excluding tert-OH is 1. The van der Waals surface area contributed by atoms with E-state index in [0.29, 0.717) is 93.0 Å². The summed E-state index contributed by atoms with van der Waals surface area (Å²) in [5.74, 6) is 3.34. The maximum atomic E-state index is 13.1. The fourth-order valence-electron chi connectivity index (χ4n) is 16.6. The predicted molar refractivity (Wildman–Crippen MR) is 482 cm³/mol. The number of aromatic nitrogens is 11. The number of hydrogen-bond acceptors (Lipinski definition) is 23. The lowest BCUT2D eigenvalue weighted by atomic mass is 10.0. The van der Waals surface area contributed by atoms with Gasteiger partial charge in [-0.3, -0.25) is 36.8 Å². The molecule has 3 fully saturated rings. The third kappa shape index (κ3) is 19.3. The molecule has 632 valence electrons. The third-order valence-electron chi connectivity index (χ3n) is 23.4. The first-order chi connectivity index (χ1) is 58.6. The molecule has 121 heavy (non-hydrogen) atoms. The zero-order chi connectivity index (χ0) is 85.1. The predicted octanol–water partition coefficient (Wildman–Crippen LogP) is 11.1. The van der Waals surface area contributed by atoms with Crippen molar-refractivity contribution in [3.8, 4) is 68.0 Å². The van der Waals surface area contributed by atoms with E-state index in [0.717, 1.165) is 184 Å². The summed E-state index contributed by atoms with van der Waals surface area (Å²) in [5, 5.41) is 16.0. The highest BCUT2D eigenvalue weighted by atomic mass is 16.5. The molecule has 0 amide bonds. The SMILES string of the molecule is CCN(CC)C1CCN(c2ccc3nc(-c4ccc5nc(C)cn5c4)cc(=O)n3c2)CC1.CCc1cc(N2CCN[C@H](C)C2)cn2c(=O)cc(-c3ccc(OC)c(OC)c3)nc12.CN(C)c1ccc(-c2cc(=O)n3cc(C4=CCNCC4)ccc3n2)cn1.COc1ccc(-c2cc(=O)n3cc(N4CCC(N(C)CCO)CC4)cc(C)c3n2)cc1OC. The van der Waals surface area contributed by atoms with Crippen LogP contribution in [0.4, 0.5) is 22.9 Å². The first kappa shape index (κ1) is 85.1. The van der Waals surface area contributed by atoms with Crippen LogP contribution in [0.2, 0.25) is 0 Å². The van der Waals surface area contributed by atoms with Gasteiger partial charge in [-0.05, 0) is 205 Å². The first-order valence-corrected chi connectivity index (χ1v) is 41.8. The van der Waals surface area contributed by atoms with Gasteiger partial charge in [-0.2, -0.15) is 0 Å². The molecule has 0 radical (unpaired) electrons. The molecule has 2 aromatic carbocycles. The number of pyridine rings is 6. The molecule has 15 heterocycles. The summed E-state index contributed by atoms with van der Waals surface area (Å²) in [5.41, 5.74) is 17.6. The number of ether oxygens (including phenoxy) is 4. The molecule has 4 aliphatic rings. The van der Waals surface area contributed by atoms with Gasteiger partial charge in [0.05, 0.1) is 80.6 Å². The number of piperidine rings is 2. The molecule has 28 nitrogen and oxygen atoms in total. The van der Waals surface area contributed by atoms with Crippen molar-refractivity contribution in [3.63, 3.8) is 0 Å². The molecule has 28 heteroatoms. The fourth-order valence-corrected chi connectivity index (χ4v) is 16.6. The van der Waals surface area contributed by atoms with Crippen molar-refractivity contribution in [2.75, 3.05) is 154 Å². The van der Waals surface area contributed by atoms with Crippen LogP contribution in [0, 0.1) is 13.8 Å². The largest absolute Gasteiger partial charge is 0.493 e. The number of benzene rings is 2. The van der Waals surface area contributed by atoms with Crippen molar-refractivity contribution in [1.29, 1.82) is 0 Å². The van der Waals surface area contributed by atoms with Crippen molar-refractivity contribution >= 4 is 56.7 Å². The summed E-state index contributed by atoms with van der Waals surface area (Å²) in [7, 11) is 12.3. The van der Waals surface area contributed by atoms with E-state index in [1.54, 1.807) is 76.5 Å². The van der Waals surface area contributed by atoms with Crippen LogP contribution in [-0.4, -0.2) is 220 Å². The topological polar surface area (TPSA) is 268 Å². The van der Waals surface area contributed by atoms with Gasteiger partial charge in [0.25, 0.3) is 22.2 Å². The zero-order valence-corrected chi connectivity index (χ0v) is 71.6. The Bertz CT molecular complexity index is 6140. The highest BCUT2D eigenvalue weighted by Gasteiger charge is 2.27. The number of fused-ring (bicyclic) bond motifs is 5. The number of nitrogens with one attached hydrogen (secondary N) is 2. The molecule has 1 atom stereocenters. The van der Waals surface area contributed by atoms with Crippen LogP contribution >= 0.6 is 0 Å². The van der Waals surface area contributed by atoms with Crippen LogP contribution in [0.25, 0.3) is 78.8 Å². The quantitative estimate of drug-likeness (QED) is 0.0640. The van der Waals surface area contributed by atoms with Crippen LogP contribution in [0.15, 0.2) is 190 Å². The molecule has 0 unspecified atom stereocenters. The summed E-state index contributed by atoms with van der Waals surface area (Å²) < 4.78 is 30.0. The van der Waals surface area contributed by atoms with Crippen molar-refractivity contribution < 1.29 is 24.1 Å². The number of aliphatic hydroxyl groups is 1. The molecular formula is C93H111N19O9. The Morgan fingerprint density at radius 2 is 1.02 bits per heavy atom.